The number of nitrogens with zero attached hydrogens (tertiary/aromatic N) is 1. The maximum Gasteiger partial charge on any atom is 0.340 e. The van der Waals surface area contributed by atoms with E-state index in [0.717, 1.165) is 16.6 Å². The number of benzene rings is 1. The summed E-state index contributed by atoms with van der Waals surface area (Å²) in [6, 6.07) is 5.44. The average Bonchev–Trinajstić information content (AvgIpc) is 2.68. The number of hydrogen-bond donors (Lipinski definition) is 0. The Kier molecular flexibility index (Phi) is 4.31. The molecule has 0 spiro atoms. The third-order valence-electron chi connectivity index (χ3n) is 3.39. The highest BCUT2D eigenvalue weighted by Gasteiger charge is 2.20. The van der Waals surface area contributed by atoms with Gasteiger partial charge in [0.25, 0.3) is 0 Å². The predicted octanol–water partition coefficient (Wildman–Crippen LogP) is 2.63. The van der Waals surface area contributed by atoms with E-state index in [1.807, 2.05) is 24.6 Å². The van der Waals surface area contributed by atoms with Crippen LogP contribution in [0.1, 0.15) is 29.9 Å². The number of esters is 1. The molecular weight excluding hydrogens is 270 g/mol. The van der Waals surface area contributed by atoms with Gasteiger partial charge in [0.2, 0.25) is 0 Å². The molecule has 0 aliphatic carbocycles. The molecule has 0 saturated carbocycles. The number of fused-ring (bicyclic) bond motifs is 1. The van der Waals surface area contributed by atoms with Crippen LogP contribution in [0.2, 0.25) is 0 Å². The molecule has 21 heavy (non-hydrogen) atoms. The summed E-state index contributed by atoms with van der Waals surface area (Å²) in [5.41, 5.74) is 2.31. The van der Waals surface area contributed by atoms with E-state index in [-0.39, 0.29) is 18.4 Å². The Morgan fingerprint density at radius 2 is 2.00 bits per heavy atom. The fourth-order valence-corrected chi connectivity index (χ4v) is 2.29. The van der Waals surface area contributed by atoms with Crippen molar-refractivity contribution >= 4 is 22.7 Å². The highest BCUT2D eigenvalue weighted by atomic mass is 16.5. The lowest BCUT2D eigenvalue weighted by atomic mass is 10.1. The van der Waals surface area contributed by atoms with Crippen LogP contribution in [-0.4, -0.2) is 29.5 Å². The van der Waals surface area contributed by atoms with Crippen LogP contribution in [0.3, 0.4) is 0 Å². The van der Waals surface area contributed by atoms with E-state index >= 15 is 0 Å². The molecule has 112 valence electrons. The molecule has 0 amide bonds. The Labute approximate surface area is 123 Å². The standard InChI is InChI=1S/C16H19NO4/c1-5-20-16(19)15-11(3)17(4)14-7-6-12(8-13(14)15)21-9-10(2)18/h6-8H,5,9H2,1-4H3. The Morgan fingerprint density at radius 3 is 2.62 bits per heavy atom. The van der Waals surface area contributed by atoms with Gasteiger partial charge in [-0.15, -0.1) is 0 Å². The molecule has 0 aliphatic heterocycles. The molecule has 2 rings (SSSR count). The first-order chi connectivity index (χ1) is 9.95. The number of Topliss-reactive ketones (excluding diaryl/α,β-unsaturated/α-hetero) is 1. The van der Waals surface area contributed by atoms with Crippen molar-refractivity contribution in [2.24, 2.45) is 7.05 Å². The van der Waals surface area contributed by atoms with Crippen LogP contribution >= 0.6 is 0 Å². The van der Waals surface area contributed by atoms with E-state index in [2.05, 4.69) is 0 Å². The van der Waals surface area contributed by atoms with E-state index < -0.39 is 0 Å². The smallest absolute Gasteiger partial charge is 0.340 e. The Hall–Kier alpha value is -2.30. The van der Waals surface area contributed by atoms with Crippen LogP contribution in [-0.2, 0) is 16.6 Å². The number of rotatable bonds is 5. The zero-order valence-corrected chi connectivity index (χ0v) is 12.7. The van der Waals surface area contributed by atoms with Gasteiger partial charge in [0.15, 0.2) is 5.78 Å². The minimum atomic E-state index is -0.343. The largest absolute Gasteiger partial charge is 0.486 e. The zero-order valence-electron chi connectivity index (χ0n) is 12.7. The molecule has 2 aromatic rings. The van der Waals surface area contributed by atoms with E-state index in [9.17, 15) is 9.59 Å². The maximum atomic E-state index is 12.1. The summed E-state index contributed by atoms with van der Waals surface area (Å²) in [7, 11) is 1.90. The van der Waals surface area contributed by atoms with Crippen molar-refractivity contribution in [3.63, 3.8) is 0 Å². The first-order valence-electron chi connectivity index (χ1n) is 6.84. The second kappa shape index (κ2) is 5.99. The molecule has 1 aromatic carbocycles. The summed E-state index contributed by atoms with van der Waals surface area (Å²) >= 11 is 0. The van der Waals surface area contributed by atoms with E-state index in [4.69, 9.17) is 9.47 Å². The fraction of sp³-hybridized carbons (Fsp3) is 0.375. The SMILES string of the molecule is CCOC(=O)c1c(C)n(C)c2ccc(OCC(C)=O)cc12. The molecule has 1 aromatic heterocycles. The number of ether oxygens (including phenoxy) is 2. The van der Waals surface area contributed by atoms with Gasteiger partial charge in [0.1, 0.15) is 12.4 Å². The lowest BCUT2D eigenvalue weighted by Gasteiger charge is -2.05. The van der Waals surface area contributed by atoms with Crippen LogP contribution in [0.15, 0.2) is 18.2 Å². The van der Waals surface area contributed by atoms with Crippen molar-refractivity contribution in [3.8, 4) is 5.75 Å². The van der Waals surface area contributed by atoms with Crippen LogP contribution < -0.4 is 4.74 Å². The van der Waals surface area contributed by atoms with Crippen molar-refractivity contribution in [2.75, 3.05) is 13.2 Å². The number of hydrogen-bond acceptors (Lipinski definition) is 4. The third kappa shape index (κ3) is 2.91. The maximum absolute atomic E-state index is 12.1. The molecule has 5 heteroatoms. The van der Waals surface area contributed by atoms with Gasteiger partial charge in [-0.05, 0) is 39.0 Å². The molecule has 0 aliphatic rings. The Bertz CT molecular complexity index is 700. The second-order valence-corrected chi connectivity index (χ2v) is 4.91. The van der Waals surface area contributed by atoms with Gasteiger partial charge in [-0.25, -0.2) is 4.79 Å². The van der Waals surface area contributed by atoms with Gasteiger partial charge < -0.3 is 14.0 Å². The van der Waals surface area contributed by atoms with Crippen LogP contribution in [0.25, 0.3) is 10.9 Å². The van der Waals surface area contributed by atoms with E-state index in [1.54, 1.807) is 19.1 Å². The van der Waals surface area contributed by atoms with Crippen molar-refractivity contribution in [2.45, 2.75) is 20.8 Å². The summed E-state index contributed by atoms with van der Waals surface area (Å²) in [4.78, 5) is 23.1. The van der Waals surface area contributed by atoms with Gasteiger partial charge in [0, 0.05) is 23.6 Å². The summed E-state index contributed by atoms with van der Waals surface area (Å²) < 4.78 is 12.5. The summed E-state index contributed by atoms with van der Waals surface area (Å²) in [5, 5.41) is 0.773. The highest BCUT2D eigenvalue weighted by Crippen LogP contribution is 2.29. The minimum Gasteiger partial charge on any atom is -0.486 e. The quantitative estimate of drug-likeness (QED) is 0.794. The van der Waals surface area contributed by atoms with Crippen LogP contribution in [0.4, 0.5) is 0 Å². The van der Waals surface area contributed by atoms with E-state index in [1.165, 1.54) is 6.92 Å². The van der Waals surface area contributed by atoms with Crippen LogP contribution in [0.5, 0.6) is 5.75 Å². The monoisotopic (exact) mass is 289 g/mol. The second-order valence-electron chi connectivity index (χ2n) is 4.91. The molecule has 0 radical (unpaired) electrons. The van der Waals surface area contributed by atoms with Crippen molar-refractivity contribution in [1.82, 2.24) is 4.57 Å². The highest BCUT2D eigenvalue weighted by molar-refractivity contribution is 6.06. The Morgan fingerprint density at radius 1 is 1.29 bits per heavy atom. The summed E-state index contributed by atoms with van der Waals surface area (Å²) in [6.07, 6.45) is 0. The topological polar surface area (TPSA) is 57.5 Å². The minimum absolute atomic E-state index is 0.0199. The molecule has 0 bridgehead atoms. The molecule has 0 saturated heterocycles. The first-order valence-corrected chi connectivity index (χ1v) is 6.84. The normalized spacial score (nSPS) is 10.7. The van der Waals surface area contributed by atoms with Gasteiger partial charge in [-0.3, -0.25) is 4.79 Å². The lowest BCUT2D eigenvalue weighted by Crippen LogP contribution is -2.07. The molecule has 1 heterocycles. The average molecular weight is 289 g/mol. The molecule has 0 atom stereocenters. The lowest BCUT2D eigenvalue weighted by molar-refractivity contribution is -0.118. The van der Waals surface area contributed by atoms with Gasteiger partial charge in [0.05, 0.1) is 12.2 Å². The van der Waals surface area contributed by atoms with Crippen molar-refractivity contribution in [1.29, 1.82) is 0 Å². The van der Waals surface area contributed by atoms with Gasteiger partial charge in [-0.2, -0.15) is 0 Å². The number of aromatic nitrogens is 1. The number of carbonyl (C=O) groups excluding carboxylic acids is 2. The molecule has 0 fully saturated rings. The van der Waals surface area contributed by atoms with Crippen molar-refractivity contribution in [3.05, 3.63) is 29.5 Å². The first kappa shape index (κ1) is 15.1. The molecular formula is C16H19NO4. The molecule has 0 unspecified atom stereocenters. The fourth-order valence-electron chi connectivity index (χ4n) is 2.29. The number of ketones is 1. The van der Waals surface area contributed by atoms with Crippen LogP contribution in [0, 0.1) is 6.92 Å². The number of aryl methyl sites for hydroxylation is 1. The summed E-state index contributed by atoms with van der Waals surface area (Å²) in [5.74, 6) is 0.170. The predicted molar refractivity (Wildman–Crippen MR) is 79.8 cm³/mol. The zero-order chi connectivity index (χ0) is 15.6. The molecule has 0 N–H and O–H groups in total. The van der Waals surface area contributed by atoms with E-state index in [0.29, 0.717) is 17.9 Å². The van der Waals surface area contributed by atoms with Crippen molar-refractivity contribution < 1.29 is 19.1 Å². The van der Waals surface area contributed by atoms with Gasteiger partial charge >= 0.3 is 5.97 Å². The van der Waals surface area contributed by atoms with Gasteiger partial charge in [-0.1, -0.05) is 0 Å². The number of carbonyl (C=O) groups is 2. The Balaban J connectivity index is 2.51. The molecule has 5 nitrogen and oxygen atoms in total. The summed E-state index contributed by atoms with van der Waals surface area (Å²) in [6.45, 7) is 5.47. The third-order valence-corrected chi connectivity index (χ3v) is 3.39.